The van der Waals surface area contributed by atoms with Gasteiger partial charge >= 0.3 is 5.97 Å². The minimum absolute atomic E-state index is 0.0880. The van der Waals surface area contributed by atoms with E-state index in [-0.39, 0.29) is 91.4 Å². The molecule has 0 unspecified atom stereocenters. The largest absolute Gasteiger partial charge is 0.508 e. The van der Waals surface area contributed by atoms with Crippen molar-refractivity contribution >= 4 is 21.9 Å². The molecule has 0 atom stereocenters. The van der Waals surface area contributed by atoms with Crippen molar-refractivity contribution < 1.29 is 40.2 Å². The first-order valence-electron chi connectivity index (χ1n) is 54.2. The maximum Gasteiger partial charge on any atom is 0.317 e. The Kier molecular flexibility index (Phi) is 26.9. The molecule has 0 saturated heterocycles. The highest BCUT2D eigenvalue weighted by Gasteiger charge is 2.62. The Morgan fingerprint density at radius 2 is 0.458 bits per heavy atom. The van der Waals surface area contributed by atoms with Gasteiger partial charge in [0.15, 0.2) is 0 Å². The lowest BCUT2D eigenvalue weighted by molar-refractivity contribution is -0.200. The molecule has 24 rings (SSSR count). The maximum atomic E-state index is 12.2. The summed E-state index contributed by atoms with van der Waals surface area (Å²) in [6, 6.07) is 55.3. The molecular weight excluding hydrogens is 1830 g/mol. The van der Waals surface area contributed by atoms with Crippen LogP contribution in [0.2, 0.25) is 0 Å². The van der Waals surface area contributed by atoms with Crippen LogP contribution in [-0.4, -0.2) is 47.5 Å². The molecule has 0 aliphatic heterocycles. The average molecular weight is 1990 g/mol. The molecule has 12 aromatic rings. The molecule has 0 heterocycles. The lowest BCUT2D eigenvalue weighted by Gasteiger charge is -2.63. The number of aryl methyl sites for hydroxylation is 24. The van der Waals surface area contributed by atoms with Gasteiger partial charge in [-0.1, -0.05) is 137 Å². The number of hydrogen-bond donors (Lipinski definition) is 6. The summed E-state index contributed by atoms with van der Waals surface area (Å²) >= 11 is 3.19. The molecule has 12 aliphatic carbocycles. The molecule has 6 N–H and O–H groups in total. The smallest absolute Gasteiger partial charge is 0.317 e. The fourth-order valence-electron chi connectivity index (χ4n) is 31.8. The Hall–Kier alpha value is -10.6. The van der Waals surface area contributed by atoms with Gasteiger partial charge in [-0.05, 0) is 612 Å². The van der Waals surface area contributed by atoms with Crippen LogP contribution < -0.4 is 0 Å². The molecule has 0 radical (unpaired) electrons. The first kappa shape index (κ1) is 102. The summed E-state index contributed by atoms with van der Waals surface area (Å²) in [6.45, 7) is 59.3. The zero-order valence-corrected chi connectivity index (χ0v) is 93.0. The van der Waals surface area contributed by atoms with Crippen LogP contribution in [0, 0.1) is 227 Å². The Morgan fingerprint density at radius 1 is 0.250 bits per heavy atom. The first-order chi connectivity index (χ1) is 68.0. The number of carbonyl (C=O) groups excluding carboxylic acids is 1. The molecule has 0 amide bonds. The summed E-state index contributed by atoms with van der Waals surface area (Å²) in [4.78, 5) is 11.5. The van der Waals surface area contributed by atoms with E-state index in [1.807, 2.05) is 93.5 Å². The van der Waals surface area contributed by atoms with Crippen LogP contribution in [-0.2, 0) is 31.2 Å². The first-order valence-corrected chi connectivity index (χ1v) is 55.3. The minimum Gasteiger partial charge on any atom is -0.508 e. The number of alkyl halides is 1. The number of esters is 1. The molecule has 754 valence electrons. The van der Waals surface area contributed by atoms with Gasteiger partial charge in [-0.15, -0.1) is 0 Å². The van der Waals surface area contributed by atoms with E-state index in [1.54, 1.807) is 11.1 Å². The molecular formula is C135H159BrO8. The van der Waals surface area contributed by atoms with Crippen molar-refractivity contribution in [3.63, 3.8) is 0 Å². The van der Waals surface area contributed by atoms with Gasteiger partial charge in [0.1, 0.15) is 45.4 Å². The third-order valence-electron chi connectivity index (χ3n) is 39.4. The summed E-state index contributed by atoms with van der Waals surface area (Å²) in [6.07, 6.45) is 21.1. The number of benzene rings is 12. The number of phenolic OH excluding ortho intramolecular Hbond substituents is 6. The van der Waals surface area contributed by atoms with Gasteiger partial charge in [0.2, 0.25) is 0 Å². The van der Waals surface area contributed by atoms with Gasteiger partial charge < -0.3 is 35.4 Å². The SMILES string of the molecule is CC1(OC(=O)CBr)C2CC3CC(C2)CC1C3.Cc1cc(C(c2cc(C)c(O)cc2C)c2cc(C34CC5CC(C3)CC(c3cc(C)c(O)c(C(c6cc(C)c(O)cc6C)c6cc(C)c(O)cc6C)c3)(C5)C4)cc(C)c2O)c(C)cc1O.Cc1cc(C)c(C(c2cc(C)c(C)cc2C)c2cc(C34CC5CC(C3)CC(c3cc(C)c(C)c(C(c6cc(C)c(C)cc6C)c6cc(C)c(C)cc6C)c3)(C5)C4)cc(C)c2C)cc1C. The lowest BCUT2D eigenvalue weighted by atomic mass is 9.41. The van der Waals surface area contributed by atoms with Crippen molar-refractivity contribution in [2.75, 3.05) is 5.33 Å². The van der Waals surface area contributed by atoms with Crippen molar-refractivity contribution in [2.24, 2.45) is 47.3 Å². The van der Waals surface area contributed by atoms with Gasteiger partial charge in [0.05, 0.1) is 0 Å². The summed E-state index contributed by atoms with van der Waals surface area (Å²) in [5, 5.41) is 67.9. The number of ether oxygens (including phenoxy) is 1. The third kappa shape index (κ3) is 18.0. The molecule has 12 aliphatic rings. The van der Waals surface area contributed by atoms with E-state index in [2.05, 4.69) is 255 Å². The van der Waals surface area contributed by atoms with Crippen LogP contribution >= 0.6 is 15.9 Å². The van der Waals surface area contributed by atoms with E-state index in [1.165, 1.54) is 211 Å². The Morgan fingerprint density at radius 3 is 0.708 bits per heavy atom. The van der Waals surface area contributed by atoms with Crippen molar-refractivity contribution in [3.8, 4) is 34.5 Å². The quantitative estimate of drug-likeness (QED) is 0.0283. The fourth-order valence-corrected chi connectivity index (χ4v) is 31.9. The maximum absolute atomic E-state index is 12.2. The highest BCUT2D eigenvalue weighted by Crippen LogP contribution is 2.70. The Balaban J connectivity index is 0.000000157. The van der Waals surface area contributed by atoms with E-state index in [0.717, 1.165) is 145 Å². The van der Waals surface area contributed by atoms with Crippen molar-refractivity contribution in [2.45, 2.75) is 347 Å². The number of rotatable bonds is 18. The normalized spacial score (nSPS) is 24.5. The molecule has 12 saturated carbocycles. The zero-order valence-electron chi connectivity index (χ0n) is 91.4. The van der Waals surface area contributed by atoms with Gasteiger partial charge in [0.25, 0.3) is 0 Å². The number of carbonyl (C=O) groups is 1. The highest BCUT2D eigenvalue weighted by molar-refractivity contribution is 9.09. The topological polar surface area (TPSA) is 148 Å². The molecule has 144 heavy (non-hydrogen) atoms. The molecule has 12 bridgehead atoms. The summed E-state index contributed by atoms with van der Waals surface area (Å²) in [5.74, 6) is 6.78. The van der Waals surface area contributed by atoms with Crippen LogP contribution in [0.1, 0.15) is 373 Å². The van der Waals surface area contributed by atoms with Crippen molar-refractivity contribution in [1.82, 2.24) is 0 Å². The molecule has 12 aromatic carbocycles. The van der Waals surface area contributed by atoms with Crippen molar-refractivity contribution in [3.05, 3.63) is 379 Å². The third-order valence-corrected chi connectivity index (χ3v) is 39.9. The predicted octanol–water partition coefficient (Wildman–Crippen LogP) is 33.1. The van der Waals surface area contributed by atoms with Gasteiger partial charge in [-0.2, -0.15) is 0 Å². The van der Waals surface area contributed by atoms with E-state index in [0.29, 0.717) is 29.0 Å². The Labute approximate surface area is 869 Å². The second-order valence-electron chi connectivity index (χ2n) is 49.5. The van der Waals surface area contributed by atoms with E-state index in [4.69, 9.17) is 4.74 Å². The van der Waals surface area contributed by atoms with Crippen LogP contribution in [0.25, 0.3) is 0 Å². The van der Waals surface area contributed by atoms with Crippen LogP contribution in [0.4, 0.5) is 0 Å². The fraction of sp³-hybridized carbons (Fsp3) is 0.459. The monoisotopic (exact) mass is 1990 g/mol. The summed E-state index contributed by atoms with van der Waals surface area (Å²) in [7, 11) is 0. The second-order valence-corrected chi connectivity index (χ2v) is 50.1. The zero-order chi connectivity index (χ0) is 103. The lowest BCUT2D eigenvalue weighted by Crippen LogP contribution is -2.58. The van der Waals surface area contributed by atoms with Crippen molar-refractivity contribution in [1.29, 1.82) is 0 Å². The van der Waals surface area contributed by atoms with Crippen LogP contribution in [0.15, 0.2) is 146 Å². The summed E-state index contributed by atoms with van der Waals surface area (Å²) < 4.78 is 5.78. The standard InChI is InChI=1S/C64H76.C58H64O6.C13H19BrO2/c1-35-17-45(11)55(23-39(35)5)61(56-24-40(6)36(2)18-46(56)12)59-28-53(21-43(9)49(59)15)63-30-51-27-52(31-63)33-64(32-51,34-63)54-22-44(10)50(16)60(29-54)62(57-25-41(7)37(3)19-47(57)13)58-26-42(8)38(4)20-48(58)14;1-29-17-49(59)33(5)13-43(29)53(44-14-34(6)50(60)18-30(44)2)47-22-41(11-37(9)55(47)63)57-24-39-21-40(25-57)27-58(26-39,28-57)42-12-38(10)56(64)48(23-42)54(45-15-35(7)51(61)19-31(45)3)46-16-36(8)52(62)20-32(46)4;1-13(16-12(15)7-14)10-3-8-2-9(5-10)6-11(13)4-8/h17-26,28-29,51-52,61-62H,27,30-34H2,1-16H3;11-20,22-23,39-40,53-54,59-64H,21,24-28H2,1-10H3;8-11H,2-7H2,1H3. The van der Waals surface area contributed by atoms with E-state index < -0.39 is 0 Å². The van der Waals surface area contributed by atoms with E-state index in [9.17, 15) is 35.4 Å². The minimum atomic E-state index is -0.349. The van der Waals surface area contributed by atoms with Crippen LogP contribution in [0.3, 0.4) is 0 Å². The molecule has 12 fully saturated rings. The molecule has 0 aromatic heterocycles. The molecule has 8 nitrogen and oxygen atoms in total. The second kappa shape index (κ2) is 38.0. The average Bonchev–Trinajstić information content (AvgIpc) is 0.698. The number of halogens is 1. The summed E-state index contributed by atoms with van der Waals surface area (Å²) in [5.41, 5.74) is 51.3. The number of phenols is 6. The Bertz CT molecular complexity index is 6140. The van der Waals surface area contributed by atoms with Gasteiger partial charge in [-0.25, -0.2) is 0 Å². The van der Waals surface area contributed by atoms with Gasteiger partial charge in [0, 0.05) is 34.8 Å². The predicted molar refractivity (Wildman–Crippen MR) is 596 cm³/mol. The highest BCUT2D eigenvalue weighted by atomic mass is 79.9. The molecule has 0 spiro atoms. The molecule has 9 heteroatoms. The van der Waals surface area contributed by atoms with E-state index >= 15 is 0 Å². The number of aromatic hydroxyl groups is 6. The van der Waals surface area contributed by atoms with Gasteiger partial charge in [-0.3, -0.25) is 4.79 Å². The van der Waals surface area contributed by atoms with Crippen LogP contribution in [0.5, 0.6) is 34.5 Å². The number of hydrogen-bond acceptors (Lipinski definition) is 8.